The van der Waals surface area contributed by atoms with Crippen LogP contribution in [-0.2, 0) is 4.79 Å². The number of rotatable bonds is 0. The first-order valence-corrected chi connectivity index (χ1v) is 6.61. The topological polar surface area (TPSA) is 17.1 Å². The molecule has 0 spiro atoms. The molecule has 88 valence electrons. The van der Waals surface area contributed by atoms with Gasteiger partial charge in [-0.3, -0.25) is 4.79 Å². The second-order valence-electron chi connectivity index (χ2n) is 7.02. The van der Waals surface area contributed by atoms with Crippen molar-refractivity contribution in [1.82, 2.24) is 0 Å². The quantitative estimate of drug-likeness (QED) is 0.608. The number of carbonyl (C=O) groups excluding carboxylic acids is 1. The van der Waals surface area contributed by atoms with E-state index < -0.39 is 0 Å². The third-order valence-electron chi connectivity index (χ3n) is 5.92. The summed E-state index contributed by atoms with van der Waals surface area (Å²) in [6.07, 6.45) is 6.36. The molecule has 1 unspecified atom stereocenters. The van der Waals surface area contributed by atoms with Crippen LogP contribution in [0.4, 0.5) is 0 Å². The van der Waals surface area contributed by atoms with Gasteiger partial charge in [0, 0.05) is 5.41 Å². The Morgan fingerprint density at radius 2 is 1.94 bits per heavy atom. The average Bonchev–Trinajstić information content (AvgIpc) is 2.76. The predicted octanol–water partition coefficient (Wildman–Crippen LogP) is 3.45. The zero-order chi connectivity index (χ0) is 11.7. The second-order valence-corrected chi connectivity index (χ2v) is 7.02. The normalized spacial score (nSPS) is 53.1. The maximum Gasteiger partial charge on any atom is 0.161 e. The van der Waals surface area contributed by atoms with Crippen molar-refractivity contribution in [2.45, 2.75) is 40.5 Å². The van der Waals surface area contributed by atoms with Gasteiger partial charge in [-0.05, 0) is 48.0 Å². The lowest BCUT2D eigenvalue weighted by molar-refractivity contribution is -0.130. The van der Waals surface area contributed by atoms with E-state index in [1.807, 2.05) is 6.08 Å². The van der Waals surface area contributed by atoms with E-state index in [0.717, 1.165) is 18.3 Å². The van der Waals surface area contributed by atoms with Crippen LogP contribution in [0.1, 0.15) is 40.5 Å². The monoisotopic (exact) mass is 218 g/mol. The van der Waals surface area contributed by atoms with Gasteiger partial charge in [0.15, 0.2) is 5.78 Å². The van der Waals surface area contributed by atoms with Crippen LogP contribution in [0.3, 0.4) is 0 Å². The molecule has 2 fully saturated rings. The minimum absolute atomic E-state index is 0.0525. The number of hydrogen-bond acceptors (Lipinski definition) is 1. The lowest BCUT2D eigenvalue weighted by Crippen LogP contribution is -2.44. The fraction of sp³-hybridized carbons (Fsp3) is 0.800. The molecule has 16 heavy (non-hydrogen) atoms. The third-order valence-corrected chi connectivity index (χ3v) is 5.92. The molecule has 0 saturated heterocycles. The summed E-state index contributed by atoms with van der Waals surface area (Å²) in [5.41, 5.74) is 0.436. The molecule has 1 heteroatoms. The van der Waals surface area contributed by atoms with E-state index in [2.05, 4.69) is 33.8 Å². The molecule has 0 heterocycles. The molecule has 0 N–H and O–H groups in total. The van der Waals surface area contributed by atoms with E-state index >= 15 is 0 Å². The van der Waals surface area contributed by atoms with Crippen molar-refractivity contribution in [2.75, 3.05) is 0 Å². The lowest BCUT2D eigenvalue weighted by atomic mass is 9.58. The average molecular weight is 218 g/mol. The minimum Gasteiger partial charge on any atom is -0.294 e. The molecular weight excluding hydrogens is 196 g/mol. The fourth-order valence-corrected chi connectivity index (χ4v) is 4.81. The highest BCUT2D eigenvalue weighted by atomic mass is 16.1. The Kier molecular flexibility index (Phi) is 1.85. The molecule has 1 nitrogen and oxygen atoms in total. The zero-order valence-corrected chi connectivity index (χ0v) is 10.8. The van der Waals surface area contributed by atoms with Gasteiger partial charge in [-0.15, -0.1) is 0 Å². The molecule has 5 atom stereocenters. The predicted molar refractivity (Wildman–Crippen MR) is 64.9 cm³/mol. The molecule has 0 aromatic rings. The van der Waals surface area contributed by atoms with Gasteiger partial charge in [0.2, 0.25) is 0 Å². The van der Waals surface area contributed by atoms with Crippen molar-refractivity contribution in [3.05, 3.63) is 12.2 Å². The Balaban J connectivity index is 2.03. The summed E-state index contributed by atoms with van der Waals surface area (Å²) in [6, 6.07) is 0. The molecule has 0 aliphatic heterocycles. The van der Waals surface area contributed by atoms with Gasteiger partial charge >= 0.3 is 0 Å². The van der Waals surface area contributed by atoms with Crippen LogP contribution >= 0.6 is 0 Å². The molecule has 0 aromatic carbocycles. The first-order chi connectivity index (χ1) is 7.39. The Morgan fingerprint density at radius 3 is 2.62 bits per heavy atom. The van der Waals surface area contributed by atoms with Crippen molar-refractivity contribution in [1.29, 1.82) is 0 Å². The summed E-state index contributed by atoms with van der Waals surface area (Å²) in [4.78, 5) is 12.2. The molecule has 3 aliphatic rings. The van der Waals surface area contributed by atoms with E-state index in [1.54, 1.807) is 0 Å². The first-order valence-electron chi connectivity index (χ1n) is 6.61. The molecule has 3 aliphatic carbocycles. The van der Waals surface area contributed by atoms with Gasteiger partial charge in [-0.2, -0.15) is 0 Å². The Bertz CT molecular complexity index is 379. The van der Waals surface area contributed by atoms with Gasteiger partial charge in [-0.25, -0.2) is 0 Å². The minimum atomic E-state index is -0.0525. The summed E-state index contributed by atoms with van der Waals surface area (Å²) in [5, 5.41) is 0. The number of ketones is 1. The molecule has 2 saturated carbocycles. The molecule has 0 radical (unpaired) electrons. The number of allylic oxidation sites excluding steroid dienone is 2. The zero-order valence-electron chi connectivity index (χ0n) is 10.8. The highest BCUT2D eigenvalue weighted by Gasteiger charge is 2.68. The van der Waals surface area contributed by atoms with Gasteiger partial charge in [0.25, 0.3) is 0 Å². The summed E-state index contributed by atoms with van der Waals surface area (Å²) in [7, 11) is 0. The van der Waals surface area contributed by atoms with Crippen molar-refractivity contribution >= 4 is 5.78 Å². The number of hydrogen-bond donors (Lipinski definition) is 0. The van der Waals surface area contributed by atoms with Gasteiger partial charge in [-0.1, -0.05) is 33.8 Å². The first kappa shape index (κ1) is 10.6. The SMILES string of the molecule is CC1C=CC(=O)[C@]2(C)CC[C@H]3[C@@H]([C@@H]12)C3(C)C. The Morgan fingerprint density at radius 1 is 1.25 bits per heavy atom. The molecule has 0 amide bonds. The van der Waals surface area contributed by atoms with Crippen LogP contribution in [0, 0.1) is 34.5 Å². The van der Waals surface area contributed by atoms with E-state index in [0.29, 0.717) is 23.0 Å². The van der Waals surface area contributed by atoms with Gasteiger partial charge in [0.1, 0.15) is 0 Å². The van der Waals surface area contributed by atoms with Crippen LogP contribution in [-0.4, -0.2) is 5.78 Å². The number of fused-ring (bicyclic) bond motifs is 3. The standard InChI is InChI=1S/C15H22O/c1-9-5-6-11(16)15(4)8-7-10-13(12(9)15)14(10,2)3/h5-6,9-10,12-13H,7-8H2,1-4H3/t9?,10-,12+,13-,15-/m0/s1. The van der Waals surface area contributed by atoms with Crippen LogP contribution < -0.4 is 0 Å². The molecule has 0 bridgehead atoms. The highest BCUT2D eigenvalue weighted by Crippen LogP contribution is 2.72. The Labute approximate surface area is 98.3 Å². The maximum atomic E-state index is 12.2. The maximum absolute atomic E-state index is 12.2. The van der Waals surface area contributed by atoms with E-state index in [-0.39, 0.29) is 5.41 Å². The highest BCUT2D eigenvalue weighted by molar-refractivity contribution is 5.96. The largest absolute Gasteiger partial charge is 0.294 e. The molecule has 0 aromatic heterocycles. The van der Waals surface area contributed by atoms with Crippen LogP contribution in [0.2, 0.25) is 0 Å². The smallest absolute Gasteiger partial charge is 0.161 e. The van der Waals surface area contributed by atoms with Crippen molar-refractivity contribution in [3.63, 3.8) is 0 Å². The van der Waals surface area contributed by atoms with Gasteiger partial charge in [0.05, 0.1) is 0 Å². The summed E-state index contributed by atoms with van der Waals surface area (Å²) in [5.74, 6) is 3.23. The van der Waals surface area contributed by atoms with Crippen molar-refractivity contribution < 1.29 is 4.79 Å². The summed E-state index contributed by atoms with van der Waals surface area (Å²) >= 11 is 0. The van der Waals surface area contributed by atoms with Crippen LogP contribution in [0.15, 0.2) is 12.2 Å². The second kappa shape index (κ2) is 2.80. The van der Waals surface area contributed by atoms with E-state index in [9.17, 15) is 4.79 Å². The number of carbonyl (C=O) groups is 1. The fourth-order valence-electron chi connectivity index (χ4n) is 4.81. The Hall–Kier alpha value is -0.590. The van der Waals surface area contributed by atoms with Crippen LogP contribution in [0.5, 0.6) is 0 Å². The van der Waals surface area contributed by atoms with Gasteiger partial charge < -0.3 is 0 Å². The summed E-state index contributed by atoms with van der Waals surface area (Å²) in [6.45, 7) is 9.29. The molecule has 3 rings (SSSR count). The van der Waals surface area contributed by atoms with Crippen molar-refractivity contribution in [3.8, 4) is 0 Å². The van der Waals surface area contributed by atoms with E-state index in [1.165, 1.54) is 6.42 Å². The van der Waals surface area contributed by atoms with Crippen LogP contribution in [0.25, 0.3) is 0 Å². The summed E-state index contributed by atoms with van der Waals surface area (Å²) < 4.78 is 0. The van der Waals surface area contributed by atoms with E-state index in [4.69, 9.17) is 0 Å². The lowest BCUT2D eigenvalue weighted by Gasteiger charge is -2.44. The third kappa shape index (κ3) is 1.05. The van der Waals surface area contributed by atoms with Crippen molar-refractivity contribution in [2.24, 2.45) is 34.5 Å². The molecular formula is C15H22O.